The van der Waals surface area contributed by atoms with Crippen LogP contribution >= 0.6 is 0 Å². The van der Waals surface area contributed by atoms with Crippen LogP contribution in [-0.2, 0) is 0 Å². The van der Waals surface area contributed by atoms with Crippen LogP contribution in [0.5, 0.6) is 5.75 Å². The summed E-state index contributed by atoms with van der Waals surface area (Å²) in [5, 5.41) is 0. The van der Waals surface area contributed by atoms with Crippen LogP contribution in [0.1, 0.15) is 31.4 Å². The fourth-order valence-electron chi connectivity index (χ4n) is 1.80. The highest BCUT2D eigenvalue weighted by molar-refractivity contribution is 5.38. The van der Waals surface area contributed by atoms with Crippen LogP contribution < -0.4 is 10.5 Å². The Morgan fingerprint density at radius 1 is 1.57 bits per heavy atom. The second-order valence-corrected chi connectivity index (χ2v) is 3.67. The van der Waals surface area contributed by atoms with Crippen molar-refractivity contribution in [3.63, 3.8) is 0 Å². The molecule has 2 atom stereocenters. The van der Waals surface area contributed by atoms with Crippen LogP contribution in [0.15, 0.2) is 18.2 Å². The first-order chi connectivity index (χ1) is 6.70. The zero-order valence-corrected chi connectivity index (χ0v) is 8.16. The van der Waals surface area contributed by atoms with Gasteiger partial charge in [0.15, 0.2) is 0 Å². The Kier molecular flexibility index (Phi) is 2.42. The van der Waals surface area contributed by atoms with Gasteiger partial charge in [0.2, 0.25) is 0 Å². The van der Waals surface area contributed by atoms with Gasteiger partial charge in [0.05, 0.1) is 0 Å². The molecular weight excluding hydrogens is 181 g/mol. The molecule has 14 heavy (non-hydrogen) atoms. The number of halogens is 1. The van der Waals surface area contributed by atoms with Gasteiger partial charge in [0.1, 0.15) is 17.7 Å². The van der Waals surface area contributed by atoms with Gasteiger partial charge >= 0.3 is 0 Å². The molecule has 0 fully saturated rings. The normalized spacial score (nSPS) is 25.4. The maximum atomic E-state index is 12.9. The molecule has 1 unspecified atom stereocenters. The van der Waals surface area contributed by atoms with Gasteiger partial charge in [-0.3, -0.25) is 0 Å². The van der Waals surface area contributed by atoms with Crippen molar-refractivity contribution in [2.75, 3.05) is 0 Å². The third-order valence-corrected chi connectivity index (χ3v) is 2.64. The van der Waals surface area contributed by atoms with Gasteiger partial charge in [-0.1, -0.05) is 6.92 Å². The average molecular weight is 195 g/mol. The third-order valence-electron chi connectivity index (χ3n) is 2.64. The molecule has 0 saturated heterocycles. The number of hydrogen-bond donors (Lipinski definition) is 1. The summed E-state index contributed by atoms with van der Waals surface area (Å²) >= 11 is 0. The standard InChI is InChI=1S/C11H14FNO/c1-2-8-6-10(13)9-5-7(12)3-4-11(9)14-8/h3-5,8,10H,2,6,13H2,1H3/t8?,10-/m0/s1. The third kappa shape index (κ3) is 1.60. The molecule has 2 N–H and O–H groups in total. The van der Waals surface area contributed by atoms with Gasteiger partial charge in [-0.25, -0.2) is 4.39 Å². The minimum Gasteiger partial charge on any atom is -0.490 e. The molecule has 1 aromatic rings. The van der Waals surface area contributed by atoms with Gasteiger partial charge in [-0.2, -0.15) is 0 Å². The molecule has 0 amide bonds. The number of rotatable bonds is 1. The minimum atomic E-state index is -0.252. The van der Waals surface area contributed by atoms with E-state index in [2.05, 4.69) is 6.92 Å². The van der Waals surface area contributed by atoms with E-state index in [4.69, 9.17) is 10.5 Å². The van der Waals surface area contributed by atoms with Gasteiger partial charge in [-0.15, -0.1) is 0 Å². The van der Waals surface area contributed by atoms with Crippen molar-refractivity contribution in [1.82, 2.24) is 0 Å². The average Bonchev–Trinajstić information content (AvgIpc) is 2.19. The lowest BCUT2D eigenvalue weighted by molar-refractivity contribution is 0.155. The maximum Gasteiger partial charge on any atom is 0.124 e. The summed E-state index contributed by atoms with van der Waals surface area (Å²) in [5.74, 6) is 0.481. The second kappa shape index (κ2) is 3.58. The van der Waals surface area contributed by atoms with Crippen LogP contribution in [0.3, 0.4) is 0 Å². The van der Waals surface area contributed by atoms with Crippen molar-refractivity contribution in [2.45, 2.75) is 31.9 Å². The molecule has 0 bridgehead atoms. The Balaban J connectivity index is 2.35. The molecule has 2 rings (SSSR count). The Morgan fingerprint density at radius 2 is 2.36 bits per heavy atom. The molecule has 0 saturated carbocycles. The maximum absolute atomic E-state index is 12.9. The topological polar surface area (TPSA) is 35.2 Å². The van der Waals surface area contributed by atoms with E-state index in [1.165, 1.54) is 12.1 Å². The molecule has 0 radical (unpaired) electrons. The molecule has 1 aliphatic heterocycles. The Hall–Kier alpha value is -1.09. The first kappa shape index (κ1) is 9.46. The van der Waals surface area contributed by atoms with Gasteiger partial charge < -0.3 is 10.5 Å². The highest BCUT2D eigenvalue weighted by atomic mass is 19.1. The number of nitrogens with two attached hydrogens (primary N) is 1. The minimum absolute atomic E-state index is 0.0978. The zero-order valence-electron chi connectivity index (χ0n) is 8.16. The summed E-state index contributed by atoms with van der Waals surface area (Å²) in [6.07, 6.45) is 1.88. The molecular formula is C11H14FNO. The highest BCUT2D eigenvalue weighted by Crippen LogP contribution is 2.34. The molecule has 1 aliphatic rings. The van der Waals surface area contributed by atoms with Crippen molar-refractivity contribution >= 4 is 0 Å². The van der Waals surface area contributed by atoms with Crippen molar-refractivity contribution in [3.05, 3.63) is 29.6 Å². The number of ether oxygens (including phenoxy) is 1. The largest absolute Gasteiger partial charge is 0.490 e. The predicted molar refractivity (Wildman–Crippen MR) is 52.7 cm³/mol. The fraction of sp³-hybridized carbons (Fsp3) is 0.455. The van der Waals surface area contributed by atoms with Crippen LogP contribution in [0.2, 0.25) is 0 Å². The zero-order chi connectivity index (χ0) is 10.1. The van der Waals surface area contributed by atoms with Crippen molar-refractivity contribution in [3.8, 4) is 5.75 Å². The Bertz CT molecular complexity index is 340. The first-order valence-corrected chi connectivity index (χ1v) is 4.92. The van der Waals surface area contributed by atoms with Crippen LogP contribution in [0, 0.1) is 5.82 Å². The first-order valence-electron chi connectivity index (χ1n) is 4.92. The van der Waals surface area contributed by atoms with E-state index in [-0.39, 0.29) is 18.0 Å². The SMILES string of the molecule is CCC1C[C@H](N)c2cc(F)ccc2O1. The molecule has 0 aliphatic carbocycles. The van der Waals surface area contributed by atoms with Crippen LogP contribution in [0.25, 0.3) is 0 Å². The fourth-order valence-corrected chi connectivity index (χ4v) is 1.80. The monoisotopic (exact) mass is 195 g/mol. The van der Waals surface area contributed by atoms with Crippen LogP contribution in [0.4, 0.5) is 4.39 Å². The van der Waals surface area contributed by atoms with Crippen molar-refractivity contribution in [2.24, 2.45) is 5.73 Å². The molecule has 1 aromatic carbocycles. The number of hydrogen-bond acceptors (Lipinski definition) is 2. The van der Waals surface area contributed by atoms with E-state index in [0.29, 0.717) is 0 Å². The van der Waals surface area contributed by atoms with Gasteiger partial charge in [-0.05, 0) is 24.6 Å². The van der Waals surface area contributed by atoms with E-state index in [1.807, 2.05) is 0 Å². The number of fused-ring (bicyclic) bond motifs is 1. The lowest BCUT2D eigenvalue weighted by Crippen LogP contribution is -2.29. The van der Waals surface area contributed by atoms with E-state index >= 15 is 0 Å². The lowest BCUT2D eigenvalue weighted by atomic mass is 9.96. The molecule has 3 heteroatoms. The highest BCUT2D eigenvalue weighted by Gasteiger charge is 2.24. The lowest BCUT2D eigenvalue weighted by Gasteiger charge is -2.29. The quantitative estimate of drug-likeness (QED) is 0.746. The molecule has 1 heterocycles. The summed E-state index contributed by atoms with van der Waals surface area (Å²) in [7, 11) is 0. The summed E-state index contributed by atoms with van der Waals surface area (Å²) < 4.78 is 18.6. The summed E-state index contributed by atoms with van der Waals surface area (Å²) in [4.78, 5) is 0. The van der Waals surface area contributed by atoms with E-state index < -0.39 is 0 Å². The van der Waals surface area contributed by atoms with E-state index in [9.17, 15) is 4.39 Å². The number of benzene rings is 1. The van der Waals surface area contributed by atoms with Crippen LogP contribution in [-0.4, -0.2) is 6.10 Å². The molecule has 2 nitrogen and oxygen atoms in total. The summed E-state index contributed by atoms with van der Waals surface area (Å²) in [5.41, 5.74) is 6.72. The Labute approximate surface area is 82.9 Å². The summed E-state index contributed by atoms with van der Waals surface area (Å²) in [6, 6.07) is 4.43. The molecule has 0 aromatic heterocycles. The smallest absolute Gasteiger partial charge is 0.124 e. The van der Waals surface area contributed by atoms with E-state index in [0.717, 1.165) is 24.2 Å². The molecule has 0 spiro atoms. The van der Waals surface area contributed by atoms with Crippen molar-refractivity contribution < 1.29 is 9.13 Å². The van der Waals surface area contributed by atoms with Crippen molar-refractivity contribution in [1.29, 1.82) is 0 Å². The summed E-state index contributed by atoms with van der Waals surface area (Å²) in [6.45, 7) is 2.06. The van der Waals surface area contributed by atoms with E-state index in [1.54, 1.807) is 6.07 Å². The Morgan fingerprint density at radius 3 is 3.07 bits per heavy atom. The predicted octanol–water partition coefficient (Wildman–Crippen LogP) is 2.39. The second-order valence-electron chi connectivity index (χ2n) is 3.67. The van der Waals surface area contributed by atoms with Gasteiger partial charge in [0, 0.05) is 18.0 Å². The molecule has 76 valence electrons. The van der Waals surface area contributed by atoms with Gasteiger partial charge in [0.25, 0.3) is 0 Å².